The van der Waals surface area contributed by atoms with Crippen molar-refractivity contribution in [3.63, 3.8) is 0 Å². The van der Waals surface area contributed by atoms with Crippen LogP contribution in [-0.2, 0) is 31.9 Å². The Hall–Kier alpha value is -2.12. The second-order valence-electron chi connectivity index (χ2n) is 9.39. The number of nitrogens with zero attached hydrogens (tertiary/aromatic N) is 2. The Morgan fingerprint density at radius 3 is 1.84 bits per heavy atom. The van der Waals surface area contributed by atoms with Gasteiger partial charge in [-0.2, -0.15) is 0 Å². The van der Waals surface area contributed by atoms with Crippen LogP contribution < -0.4 is 9.80 Å². The summed E-state index contributed by atoms with van der Waals surface area (Å²) in [5, 5.41) is -2.70. The summed E-state index contributed by atoms with van der Waals surface area (Å²) in [5.74, 6) is -1.01. The maximum absolute atomic E-state index is 14.0. The fourth-order valence-electron chi connectivity index (χ4n) is 4.40. The first kappa shape index (κ1) is 31.1. The Bertz CT molecular complexity index is 1090. The van der Waals surface area contributed by atoms with Gasteiger partial charge in [-0.25, -0.2) is 0 Å². The first-order valence-electron chi connectivity index (χ1n) is 12.7. The molecule has 0 saturated carbocycles. The number of rotatable bonds is 12. The molecule has 2 atom stereocenters. The summed E-state index contributed by atoms with van der Waals surface area (Å²) in [6.45, 7) is 13.7. The number of alkyl halides is 2. The lowest BCUT2D eigenvalue weighted by atomic mass is 10.0. The number of anilines is 2. The molecular formula is C29H40Cl2N2O4. The van der Waals surface area contributed by atoms with E-state index in [1.165, 1.54) is 16.9 Å². The van der Waals surface area contributed by atoms with Crippen molar-refractivity contribution >= 4 is 46.4 Å². The van der Waals surface area contributed by atoms with Crippen molar-refractivity contribution < 1.29 is 19.1 Å². The van der Waals surface area contributed by atoms with Gasteiger partial charge >= 0.3 is 0 Å². The van der Waals surface area contributed by atoms with E-state index in [4.69, 9.17) is 32.7 Å². The zero-order chi connectivity index (χ0) is 27.9. The van der Waals surface area contributed by atoms with E-state index in [1.54, 1.807) is 13.8 Å². The SMILES string of the molecule is CCOCN(C(=O)C(Cl)C(Cl)C(=O)N(c1c(C)cccc1CC)C(C)(C)OC)c1c(C)cccc1CC. The molecule has 6 nitrogen and oxygen atoms in total. The van der Waals surface area contributed by atoms with Crippen LogP contribution in [0.5, 0.6) is 0 Å². The third kappa shape index (κ3) is 6.85. The fourth-order valence-corrected chi connectivity index (χ4v) is 4.83. The monoisotopic (exact) mass is 550 g/mol. The third-order valence-corrected chi connectivity index (χ3v) is 7.58. The van der Waals surface area contributed by atoms with Crippen LogP contribution in [0.4, 0.5) is 11.4 Å². The maximum Gasteiger partial charge on any atom is 0.249 e. The minimum Gasteiger partial charge on any atom is -0.361 e. The number of benzene rings is 2. The van der Waals surface area contributed by atoms with Crippen LogP contribution in [0.15, 0.2) is 36.4 Å². The number of para-hydroxylation sites is 2. The van der Waals surface area contributed by atoms with Crippen molar-refractivity contribution in [3.8, 4) is 0 Å². The average molecular weight is 552 g/mol. The highest BCUT2D eigenvalue weighted by Crippen LogP contribution is 2.35. The summed E-state index contributed by atoms with van der Waals surface area (Å²) in [5.41, 5.74) is 4.13. The summed E-state index contributed by atoms with van der Waals surface area (Å²) in [6.07, 6.45) is 1.41. The number of carbonyl (C=O) groups excluding carboxylic acids is 2. The molecule has 0 heterocycles. The van der Waals surface area contributed by atoms with Crippen LogP contribution in [0.2, 0.25) is 0 Å². The maximum atomic E-state index is 14.0. The van der Waals surface area contributed by atoms with Crippen molar-refractivity contribution in [2.24, 2.45) is 0 Å². The highest BCUT2D eigenvalue weighted by molar-refractivity contribution is 6.45. The van der Waals surface area contributed by atoms with E-state index in [1.807, 2.05) is 71.0 Å². The molecule has 37 heavy (non-hydrogen) atoms. The number of ether oxygens (including phenoxy) is 2. The van der Waals surface area contributed by atoms with Crippen molar-refractivity contribution in [3.05, 3.63) is 58.7 Å². The van der Waals surface area contributed by atoms with Gasteiger partial charge in [0.15, 0.2) is 0 Å². The molecule has 0 aliphatic carbocycles. The van der Waals surface area contributed by atoms with Gasteiger partial charge in [0.05, 0.1) is 11.4 Å². The highest BCUT2D eigenvalue weighted by atomic mass is 35.5. The van der Waals surface area contributed by atoms with E-state index in [9.17, 15) is 9.59 Å². The minimum atomic E-state index is -1.36. The number of halogens is 2. The van der Waals surface area contributed by atoms with Gasteiger partial charge in [-0.1, -0.05) is 50.2 Å². The molecule has 0 spiro atoms. The largest absolute Gasteiger partial charge is 0.361 e. The van der Waals surface area contributed by atoms with E-state index in [0.717, 1.165) is 27.9 Å². The lowest BCUT2D eigenvalue weighted by Crippen LogP contribution is -2.56. The smallest absolute Gasteiger partial charge is 0.249 e. The highest BCUT2D eigenvalue weighted by Gasteiger charge is 2.43. The Kier molecular flexibility index (Phi) is 11.4. The summed E-state index contributed by atoms with van der Waals surface area (Å²) >= 11 is 13.5. The van der Waals surface area contributed by atoms with Crippen molar-refractivity contribution in [1.82, 2.24) is 0 Å². The topological polar surface area (TPSA) is 59.1 Å². The van der Waals surface area contributed by atoms with E-state index in [2.05, 4.69) is 0 Å². The lowest BCUT2D eigenvalue weighted by molar-refractivity contribution is -0.126. The Labute approximate surface area is 231 Å². The predicted octanol–water partition coefficient (Wildman–Crippen LogP) is 6.39. The molecule has 0 aliphatic heterocycles. The first-order valence-corrected chi connectivity index (χ1v) is 13.6. The van der Waals surface area contributed by atoms with Crippen LogP contribution in [0.25, 0.3) is 0 Å². The lowest BCUT2D eigenvalue weighted by Gasteiger charge is -2.40. The van der Waals surface area contributed by atoms with Crippen LogP contribution in [0, 0.1) is 13.8 Å². The van der Waals surface area contributed by atoms with Crippen LogP contribution in [0.3, 0.4) is 0 Å². The summed E-state index contributed by atoms with van der Waals surface area (Å²) < 4.78 is 11.4. The Morgan fingerprint density at radius 1 is 0.865 bits per heavy atom. The van der Waals surface area contributed by atoms with Crippen LogP contribution in [-0.4, -0.2) is 48.7 Å². The van der Waals surface area contributed by atoms with Gasteiger partial charge in [-0.3, -0.25) is 19.4 Å². The minimum absolute atomic E-state index is 0.000733. The van der Waals surface area contributed by atoms with Crippen molar-refractivity contribution in [2.45, 2.75) is 77.8 Å². The molecule has 0 radical (unpaired) electrons. The molecule has 0 aromatic heterocycles. The average Bonchev–Trinajstić information content (AvgIpc) is 2.89. The van der Waals surface area contributed by atoms with Crippen molar-refractivity contribution in [2.75, 3.05) is 30.2 Å². The van der Waals surface area contributed by atoms with Gasteiger partial charge in [-0.15, -0.1) is 23.2 Å². The molecule has 0 fully saturated rings. The standard InChI is InChI=1S/C29H40Cl2N2O4/c1-9-21-16-12-14-19(4)25(21)32(18-37-11-3)27(34)23(30)24(31)28(35)33(29(6,7)36-8)26-20(5)15-13-17-22(26)10-2/h12-17,23-24H,9-11,18H2,1-8H3. The molecule has 2 unspecified atom stereocenters. The summed E-state index contributed by atoms with van der Waals surface area (Å²) in [4.78, 5) is 30.8. The number of carbonyl (C=O) groups is 2. The number of aryl methyl sites for hydroxylation is 4. The Morgan fingerprint density at radius 2 is 1.35 bits per heavy atom. The molecule has 8 heteroatoms. The molecule has 204 valence electrons. The summed E-state index contributed by atoms with van der Waals surface area (Å²) in [6, 6.07) is 11.7. The molecule has 0 bridgehead atoms. The second kappa shape index (κ2) is 13.6. The van der Waals surface area contributed by atoms with E-state index in [0.29, 0.717) is 25.1 Å². The number of amides is 2. The third-order valence-electron chi connectivity index (χ3n) is 6.58. The van der Waals surface area contributed by atoms with E-state index >= 15 is 0 Å². The number of hydrogen-bond acceptors (Lipinski definition) is 4. The molecule has 0 saturated heterocycles. The molecule has 0 N–H and O–H groups in total. The molecule has 0 aliphatic rings. The molecule has 2 aromatic carbocycles. The van der Waals surface area contributed by atoms with Crippen LogP contribution in [0.1, 0.15) is 56.9 Å². The Balaban J connectivity index is 2.54. The van der Waals surface area contributed by atoms with E-state index in [-0.39, 0.29) is 6.73 Å². The number of methoxy groups -OCH3 is 1. The second-order valence-corrected chi connectivity index (χ2v) is 10.3. The quantitative estimate of drug-likeness (QED) is 0.227. The van der Waals surface area contributed by atoms with Gasteiger partial charge in [0.25, 0.3) is 0 Å². The molecule has 2 amide bonds. The van der Waals surface area contributed by atoms with Gasteiger partial charge in [-0.05, 0) is 69.7 Å². The van der Waals surface area contributed by atoms with Crippen LogP contribution >= 0.6 is 23.2 Å². The van der Waals surface area contributed by atoms with Gasteiger partial charge in [0.1, 0.15) is 23.2 Å². The zero-order valence-corrected chi connectivity index (χ0v) is 24.7. The van der Waals surface area contributed by atoms with Gasteiger partial charge in [0, 0.05) is 13.7 Å². The van der Waals surface area contributed by atoms with E-state index < -0.39 is 28.3 Å². The van der Waals surface area contributed by atoms with Gasteiger partial charge < -0.3 is 9.47 Å². The summed E-state index contributed by atoms with van der Waals surface area (Å²) in [7, 11) is 1.53. The normalized spacial score (nSPS) is 13.2. The first-order chi connectivity index (χ1) is 17.5. The van der Waals surface area contributed by atoms with Crippen molar-refractivity contribution in [1.29, 1.82) is 0 Å². The molecule has 2 rings (SSSR count). The fraction of sp³-hybridized carbons (Fsp3) is 0.517. The predicted molar refractivity (Wildman–Crippen MR) is 153 cm³/mol. The number of hydrogen-bond donors (Lipinski definition) is 0. The van der Waals surface area contributed by atoms with Gasteiger partial charge in [0.2, 0.25) is 11.8 Å². The molecule has 2 aromatic rings. The molecular weight excluding hydrogens is 511 g/mol. The zero-order valence-electron chi connectivity index (χ0n) is 23.2.